The van der Waals surface area contributed by atoms with E-state index in [2.05, 4.69) is 5.32 Å². The normalized spacial score (nSPS) is 14.4. The van der Waals surface area contributed by atoms with E-state index in [9.17, 15) is 14.0 Å². The van der Waals surface area contributed by atoms with Gasteiger partial charge in [-0.25, -0.2) is 9.29 Å². The van der Waals surface area contributed by atoms with Gasteiger partial charge in [-0.3, -0.25) is 9.59 Å². The number of carbonyl (C=O) groups is 2. The first-order valence-electron chi connectivity index (χ1n) is 6.97. The van der Waals surface area contributed by atoms with Gasteiger partial charge in [-0.2, -0.15) is 0 Å². The van der Waals surface area contributed by atoms with Crippen molar-refractivity contribution in [2.24, 2.45) is 0 Å². The number of para-hydroxylation sites is 1. The molecule has 0 aromatic heterocycles. The molecule has 1 aliphatic rings. The molecule has 0 saturated heterocycles. The summed E-state index contributed by atoms with van der Waals surface area (Å²) in [5.41, 5.74) is 0.236. The number of ether oxygens (including phenoxy) is 1. The summed E-state index contributed by atoms with van der Waals surface area (Å²) in [7, 11) is 1.51. The number of hydrogen-bond acceptors (Lipinski definition) is 4. The van der Waals surface area contributed by atoms with E-state index in [-0.39, 0.29) is 16.4 Å². The first kappa shape index (κ1) is 16.0. The number of imide groups is 1. The number of carbonyl (C=O) groups excluding carboxylic acids is 2. The molecule has 122 valence electrons. The first-order chi connectivity index (χ1) is 11.5. The van der Waals surface area contributed by atoms with Gasteiger partial charge in [-0.1, -0.05) is 23.7 Å². The number of rotatable bonds is 4. The number of amides is 2. The number of hydrogen-bond donors (Lipinski definition) is 1. The fourth-order valence-corrected chi connectivity index (χ4v) is 2.49. The molecule has 1 aliphatic heterocycles. The lowest BCUT2D eigenvalue weighted by molar-refractivity contribution is -0.120. The third-order valence-corrected chi connectivity index (χ3v) is 3.84. The van der Waals surface area contributed by atoms with E-state index in [1.807, 2.05) is 0 Å². The number of anilines is 2. The summed E-state index contributed by atoms with van der Waals surface area (Å²) in [5.74, 6) is -1.30. The quantitative estimate of drug-likeness (QED) is 0.863. The van der Waals surface area contributed by atoms with Gasteiger partial charge >= 0.3 is 0 Å². The van der Waals surface area contributed by atoms with Crippen molar-refractivity contribution in [3.63, 3.8) is 0 Å². The number of halogens is 2. The monoisotopic (exact) mass is 346 g/mol. The molecule has 1 heterocycles. The Kier molecular flexibility index (Phi) is 4.22. The van der Waals surface area contributed by atoms with Crippen LogP contribution in [0.2, 0.25) is 0 Å². The van der Waals surface area contributed by atoms with Crippen molar-refractivity contribution < 1.29 is 18.7 Å². The lowest BCUT2D eigenvalue weighted by Crippen LogP contribution is -2.32. The Labute approximate surface area is 142 Å². The van der Waals surface area contributed by atoms with Crippen molar-refractivity contribution in [1.29, 1.82) is 0 Å². The number of benzene rings is 2. The molecule has 2 amide bonds. The largest absolute Gasteiger partial charge is 0.497 e. The predicted molar refractivity (Wildman–Crippen MR) is 88.4 cm³/mol. The lowest BCUT2D eigenvalue weighted by Gasteiger charge is -2.15. The fourth-order valence-electron chi connectivity index (χ4n) is 2.27. The molecule has 7 heteroatoms. The highest BCUT2D eigenvalue weighted by Gasteiger charge is 2.39. The minimum Gasteiger partial charge on any atom is -0.497 e. The van der Waals surface area contributed by atoms with Crippen LogP contribution in [0.5, 0.6) is 5.75 Å². The molecule has 1 N–H and O–H groups in total. The first-order valence-corrected chi connectivity index (χ1v) is 7.35. The molecule has 2 aromatic carbocycles. The second kappa shape index (κ2) is 6.33. The third kappa shape index (κ3) is 2.72. The van der Waals surface area contributed by atoms with E-state index in [0.29, 0.717) is 11.4 Å². The minimum atomic E-state index is -0.675. The molecule has 0 spiro atoms. The van der Waals surface area contributed by atoms with E-state index in [1.54, 1.807) is 30.3 Å². The van der Waals surface area contributed by atoms with Gasteiger partial charge in [0.2, 0.25) is 0 Å². The molecule has 0 aliphatic carbocycles. The summed E-state index contributed by atoms with van der Waals surface area (Å²) >= 11 is 5.99. The van der Waals surface area contributed by atoms with Crippen LogP contribution in [0.1, 0.15) is 0 Å². The molecule has 0 bridgehead atoms. The molecular formula is C17H12ClFN2O3. The van der Waals surface area contributed by atoms with Crippen LogP contribution in [0.4, 0.5) is 15.8 Å². The van der Waals surface area contributed by atoms with Crippen molar-refractivity contribution in [2.45, 2.75) is 0 Å². The smallest absolute Gasteiger partial charge is 0.283 e. The molecule has 2 aromatic rings. The summed E-state index contributed by atoms with van der Waals surface area (Å²) in [5, 5.41) is 2.30. The maximum atomic E-state index is 13.7. The van der Waals surface area contributed by atoms with Gasteiger partial charge in [-0.05, 0) is 36.4 Å². The topological polar surface area (TPSA) is 58.6 Å². The van der Waals surface area contributed by atoms with Crippen molar-refractivity contribution in [2.75, 3.05) is 17.3 Å². The Balaban J connectivity index is 1.91. The van der Waals surface area contributed by atoms with Gasteiger partial charge in [0.15, 0.2) is 0 Å². The summed E-state index contributed by atoms with van der Waals surface area (Å²) < 4.78 is 18.8. The molecule has 0 radical (unpaired) electrons. The number of nitrogens with zero attached hydrogens (tertiary/aromatic N) is 1. The zero-order chi connectivity index (χ0) is 17.3. The van der Waals surface area contributed by atoms with Crippen molar-refractivity contribution in [3.8, 4) is 5.75 Å². The lowest BCUT2D eigenvalue weighted by atomic mass is 10.2. The Hall–Kier alpha value is -2.86. The van der Waals surface area contributed by atoms with Gasteiger partial charge in [-0.15, -0.1) is 0 Å². The Morgan fingerprint density at radius 3 is 2.33 bits per heavy atom. The number of nitrogens with one attached hydrogen (secondary N) is 1. The van der Waals surface area contributed by atoms with E-state index < -0.39 is 17.6 Å². The van der Waals surface area contributed by atoms with Crippen LogP contribution in [-0.4, -0.2) is 18.9 Å². The zero-order valence-corrected chi connectivity index (χ0v) is 13.3. The Morgan fingerprint density at radius 2 is 1.71 bits per heavy atom. The van der Waals surface area contributed by atoms with Crippen molar-refractivity contribution in [1.82, 2.24) is 0 Å². The van der Waals surface area contributed by atoms with Crippen molar-refractivity contribution >= 4 is 34.8 Å². The highest BCUT2D eigenvalue weighted by Crippen LogP contribution is 2.31. The van der Waals surface area contributed by atoms with E-state index >= 15 is 0 Å². The summed E-state index contributed by atoms with van der Waals surface area (Å²) in [6, 6.07) is 12.2. The number of methoxy groups -OCH3 is 1. The summed E-state index contributed by atoms with van der Waals surface area (Å²) in [6.07, 6.45) is 0. The molecule has 0 unspecified atom stereocenters. The highest BCUT2D eigenvalue weighted by atomic mass is 35.5. The Bertz CT molecular complexity index is 849. The Morgan fingerprint density at radius 1 is 1.04 bits per heavy atom. The van der Waals surface area contributed by atoms with E-state index in [0.717, 1.165) is 4.90 Å². The molecule has 3 rings (SSSR count). The molecule has 5 nitrogen and oxygen atoms in total. The SMILES string of the molecule is COc1ccc(N2C(=O)C(Cl)=C(Nc3ccccc3F)C2=O)cc1. The van der Waals surface area contributed by atoms with E-state index in [1.165, 1.54) is 25.3 Å². The van der Waals surface area contributed by atoms with Crippen LogP contribution in [-0.2, 0) is 9.59 Å². The maximum Gasteiger partial charge on any atom is 0.283 e. The van der Waals surface area contributed by atoms with Gasteiger partial charge in [0.1, 0.15) is 22.3 Å². The second-order valence-electron chi connectivity index (χ2n) is 4.94. The molecule has 0 fully saturated rings. The van der Waals surface area contributed by atoms with Crippen LogP contribution < -0.4 is 15.0 Å². The van der Waals surface area contributed by atoms with Gasteiger partial charge in [0.05, 0.1) is 18.5 Å². The summed E-state index contributed by atoms with van der Waals surface area (Å²) in [6.45, 7) is 0. The zero-order valence-electron chi connectivity index (χ0n) is 12.5. The van der Waals surface area contributed by atoms with Crippen LogP contribution in [0, 0.1) is 5.82 Å². The van der Waals surface area contributed by atoms with Crippen LogP contribution in [0.3, 0.4) is 0 Å². The summed E-state index contributed by atoms with van der Waals surface area (Å²) in [4.78, 5) is 25.8. The van der Waals surface area contributed by atoms with Crippen molar-refractivity contribution in [3.05, 3.63) is 65.1 Å². The molecular weight excluding hydrogens is 335 g/mol. The predicted octanol–water partition coefficient (Wildman–Crippen LogP) is 3.27. The molecule has 0 saturated carbocycles. The standard InChI is InChI=1S/C17H12ClFN2O3/c1-24-11-8-6-10(7-9-11)21-16(22)14(18)15(17(21)23)20-13-5-3-2-4-12(13)19/h2-9,20H,1H3. The van der Waals surface area contributed by atoms with E-state index in [4.69, 9.17) is 16.3 Å². The van der Waals surface area contributed by atoms with Crippen LogP contribution >= 0.6 is 11.6 Å². The van der Waals surface area contributed by atoms with Gasteiger partial charge < -0.3 is 10.1 Å². The van der Waals surface area contributed by atoms with Crippen LogP contribution in [0.25, 0.3) is 0 Å². The maximum absolute atomic E-state index is 13.7. The minimum absolute atomic E-state index is 0.0587. The molecule has 0 atom stereocenters. The average molecular weight is 347 g/mol. The van der Waals surface area contributed by atoms with Crippen LogP contribution in [0.15, 0.2) is 59.3 Å². The fraction of sp³-hybridized carbons (Fsp3) is 0.0588. The molecule has 24 heavy (non-hydrogen) atoms. The highest BCUT2D eigenvalue weighted by molar-refractivity contribution is 6.53. The second-order valence-corrected chi connectivity index (χ2v) is 5.32. The van der Waals surface area contributed by atoms with Gasteiger partial charge in [0.25, 0.3) is 11.8 Å². The average Bonchev–Trinajstić information content (AvgIpc) is 2.80. The third-order valence-electron chi connectivity index (χ3n) is 3.49. The van der Waals surface area contributed by atoms with Gasteiger partial charge in [0, 0.05) is 0 Å².